The van der Waals surface area contributed by atoms with Crippen LogP contribution >= 0.6 is 15.9 Å². The zero-order chi connectivity index (χ0) is 21.0. The molecule has 2 amide bonds. The highest BCUT2D eigenvalue weighted by atomic mass is 79.9. The molecule has 1 heterocycles. The predicted octanol–water partition coefficient (Wildman–Crippen LogP) is 3.45. The van der Waals surface area contributed by atoms with Crippen molar-refractivity contribution in [1.82, 2.24) is 4.90 Å². The Morgan fingerprint density at radius 2 is 1.90 bits per heavy atom. The van der Waals surface area contributed by atoms with Gasteiger partial charge in [-0.15, -0.1) is 0 Å². The Bertz CT molecular complexity index is 941. The summed E-state index contributed by atoms with van der Waals surface area (Å²) in [5, 5.41) is 23.0. The summed E-state index contributed by atoms with van der Waals surface area (Å²) in [6.45, 7) is 1.31. The first-order valence-electron chi connectivity index (χ1n) is 9.14. The van der Waals surface area contributed by atoms with Crippen LogP contribution in [0.5, 0.6) is 0 Å². The van der Waals surface area contributed by atoms with Crippen LogP contribution in [0.1, 0.15) is 33.6 Å². The number of nitro benzene ring substituents is 1. The third kappa shape index (κ3) is 4.99. The van der Waals surface area contributed by atoms with Crippen LogP contribution in [0.3, 0.4) is 0 Å². The van der Waals surface area contributed by atoms with Crippen molar-refractivity contribution in [2.24, 2.45) is 5.92 Å². The Morgan fingerprint density at radius 3 is 2.55 bits per heavy atom. The second kappa shape index (κ2) is 9.15. The number of anilines is 1. The SMILES string of the molecule is O=C(Nc1cccc(C(=O)N2CCC(CO)CC2)c1)c1ccc(Br)c([N+](=O)[O-])c1. The summed E-state index contributed by atoms with van der Waals surface area (Å²) in [4.78, 5) is 37.4. The van der Waals surface area contributed by atoms with Crippen molar-refractivity contribution in [1.29, 1.82) is 0 Å². The molecule has 0 aromatic heterocycles. The van der Waals surface area contributed by atoms with Gasteiger partial charge in [-0.2, -0.15) is 0 Å². The first-order chi connectivity index (χ1) is 13.9. The van der Waals surface area contributed by atoms with E-state index in [2.05, 4.69) is 21.2 Å². The molecule has 2 N–H and O–H groups in total. The summed E-state index contributed by atoms with van der Waals surface area (Å²) in [7, 11) is 0. The molecule has 1 aliphatic heterocycles. The van der Waals surface area contributed by atoms with E-state index in [4.69, 9.17) is 0 Å². The van der Waals surface area contributed by atoms with Crippen molar-refractivity contribution in [2.45, 2.75) is 12.8 Å². The number of carbonyl (C=O) groups is 2. The number of rotatable bonds is 5. The van der Waals surface area contributed by atoms with Crippen molar-refractivity contribution < 1.29 is 19.6 Å². The van der Waals surface area contributed by atoms with E-state index in [0.29, 0.717) is 24.3 Å². The zero-order valence-corrected chi connectivity index (χ0v) is 17.1. The first kappa shape index (κ1) is 20.9. The number of hydrogen-bond acceptors (Lipinski definition) is 5. The minimum absolute atomic E-state index is 0.128. The molecule has 29 heavy (non-hydrogen) atoms. The maximum atomic E-state index is 12.7. The Hall–Kier alpha value is -2.78. The Labute approximate surface area is 175 Å². The number of halogens is 1. The topological polar surface area (TPSA) is 113 Å². The zero-order valence-electron chi connectivity index (χ0n) is 15.5. The van der Waals surface area contributed by atoms with Crippen LogP contribution in [0.25, 0.3) is 0 Å². The molecule has 1 fully saturated rings. The second-order valence-corrected chi connectivity index (χ2v) is 7.73. The molecular formula is C20H20BrN3O5. The fourth-order valence-electron chi connectivity index (χ4n) is 3.23. The van der Waals surface area contributed by atoms with Crippen molar-refractivity contribution in [3.63, 3.8) is 0 Å². The quantitative estimate of drug-likeness (QED) is 0.522. The molecule has 8 nitrogen and oxygen atoms in total. The van der Waals surface area contributed by atoms with Gasteiger partial charge in [-0.3, -0.25) is 19.7 Å². The monoisotopic (exact) mass is 461 g/mol. The lowest BCUT2D eigenvalue weighted by atomic mass is 9.97. The molecule has 0 unspecified atom stereocenters. The molecule has 0 radical (unpaired) electrons. The molecule has 3 rings (SSSR count). The van der Waals surface area contributed by atoms with Gasteiger partial charge < -0.3 is 15.3 Å². The van der Waals surface area contributed by atoms with Crippen molar-refractivity contribution in [3.8, 4) is 0 Å². The smallest absolute Gasteiger partial charge is 0.284 e. The number of carbonyl (C=O) groups excluding carboxylic acids is 2. The first-order valence-corrected chi connectivity index (χ1v) is 9.94. The second-order valence-electron chi connectivity index (χ2n) is 6.88. The molecule has 152 valence electrons. The van der Waals surface area contributed by atoms with E-state index >= 15 is 0 Å². The minimum Gasteiger partial charge on any atom is -0.396 e. The number of aliphatic hydroxyl groups excluding tert-OH is 1. The van der Waals surface area contributed by atoms with Gasteiger partial charge in [0.15, 0.2) is 0 Å². The largest absolute Gasteiger partial charge is 0.396 e. The molecule has 0 aliphatic carbocycles. The third-order valence-corrected chi connectivity index (χ3v) is 5.60. The van der Waals surface area contributed by atoms with Crippen molar-refractivity contribution in [2.75, 3.05) is 25.0 Å². The number of hydrogen-bond donors (Lipinski definition) is 2. The van der Waals surface area contributed by atoms with Crippen LogP contribution in [0, 0.1) is 16.0 Å². The fourth-order valence-corrected chi connectivity index (χ4v) is 3.62. The highest BCUT2D eigenvalue weighted by Crippen LogP contribution is 2.26. The molecule has 1 aliphatic rings. The van der Waals surface area contributed by atoms with Gasteiger partial charge in [-0.05, 0) is 65.0 Å². The van der Waals surface area contributed by atoms with Crippen LogP contribution in [0.4, 0.5) is 11.4 Å². The average Bonchev–Trinajstić information content (AvgIpc) is 2.73. The number of amides is 2. The Morgan fingerprint density at radius 1 is 1.17 bits per heavy atom. The molecule has 0 bridgehead atoms. The van der Waals surface area contributed by atoms with E-state index in [9.17, 15) is 24.8 Å². The number of aliphatic hydroxyl groups is 1. The molecule has 0 saturated carbocycles. The third-order valence-electron chi connectivity index (χ3n) is 4.93. The van der Waals surface area contributed by atoms with Crippen LogP contribution < -0.4 is 5.32 Å². The average molecular weight is 462 g/mol. The normalized spacial score (nSPS) is 14.5. The summed E-state index contributed by atoms with van der Waals surface area (Å²) >= 11 is 3.09. The van der Waals surface area contributed by atoms with Gasteiger partial charge in [-0.25, -0.2) is 0 Å². The number of nitrogens with zero attached hydrogens (tertiary/aromatic N) is 2. The summed E-state index contributed by atoms with van der Waals surface area (Å²) in [6, 6.07) is 10.7. The molecule has 9 heteroatoms. The Kier molecular flexibility index (Phi) is 6.60. The van der Waals surface area contributed by atoms with Crippen molar-refractivity contribution in [3.05, 3.63) is 68.2 Å². The van der Waals surface area contributed by atoms with Gasteiger partial charge in [0, 0.05) is 42.6 Å². The molecular weight excluding hydrogens is 442 g/mol. The van der Waals surface area contributed by atoms with Gasteiger partial charge in [0.1, 0.15) is 0 Å². The molecule has 1 saturated heterocycles. The van der Waals surface area contributed by atoms with Crippen LogP contribution in [0.2, 0.25) is 0 Å². The fraction of sp³-hybridized carbons (Fsp3) is 0.300. The van der Waals surface area contributed by atoms with Gasteiger partial charge >= 0.3 is 0 Å². The van der Waals surface area contributed by atoms with Gasteiger partial charge in [0.25, 0.3) is 17.5 Å². The predicted molar refractivity (Wildman–Crippen MR) is 111 cm³/mol. The minimum atomic E-state index is -0.569. The van der Waals surface area contributed by atoms with E-state index in [1.807, 2.05) is 0 Å². The highest BCUT2D eigenvalue weighted by Gasteiger charge is 2.23. The van der Waals surface area contributed by atoms with Crippen molar-refractivity contribution >= 4 is 39.1 Å². The number of nitro groups is 1. The van der Waals surface area contributed by atoms with Gasteiger partial charge in [-0.1, -0.05) is 6.07 Å². The lowest BCUT2D eigenvalue weighted by Crippen LogP contribution is -2.39. The summed E-state index contributed by atoms with van der Waals surface area (Å²) in [6.07, 6.45) is 1.53. The van der Waals surface area contributed by atoms with Crippen LogP contribution in [-0.4, -0.2) is 46.4 Å². The van der Waals surface area contributed by atoms with Crippen LogP contribution in [0.15, 0.2) is 46.9 Å². The number of likely N-dealkylation sites (tertiary alicyclic amines) is 1. The lowest BCUT2D eigenvalue weighted by molar-refractivity contribution is -0.385. The lowest BCUT2D eigenvalue weighted by Gasteiger charge is -2.31. The van der Waals surface area contributed by atoms with E-state index < -0.39 is 10.8 Å². The highest BCUT2D eigenvalue weighted by molar-refractivity contribution is 9.10. The molecule has 2 aromatic carbocycles. The van der Waals surface area contributed by atoms with E-state index in [1.54, 1.807) is 29.2 Å². The summed E-state index contributed by atoms with van der Waals surface area (Å²) in [5.74, 6) is -0.398. The standard InChI is InChI=1S/C20H20BrN3O5/c21-17-5-4-14(11-18(17)24(28)29)19(26)22-16-3-1-2-15(10-16)20(27)23-8-6-13(12-25)7-9-23/h1-5,10-11,13,25H,6-9,12H2,(H,22,26). The number of nitrogens with one attached hydrogen (secondary N) is 1. The van der Waals surface area contributed by atoms with Gasteiger partial charge in [0.05, 0.1) is 9.40 Å². The summed E-state index contributed by atoms with van der Waals surface area (Å²) in [5.41, 5.74) is 0.819. The number of benzene rings is 2. The maximum absolute atomic E-state index is 12.7. The molecule has 2 aromatic rings. The Balaban J connectivity index is 1.71. The van der Waals surface area contributed by atoms with E-state index in [0.717, 1.165) is 12.8 Å². The molecule has 0 atom stereocenters. The van der Waals surface area contributed by atoms with Gasteiger partial charge in [0.2, 0.25) is 0 Å². The van der Waals surface area contributed by atoms with E-state index in [1.165, 1.54) is 18.2 Å². The van der Waals surface area contributed by atoms with Crippen LogP contribution in [-0.2, 0) is 0 Å². The molecule has 0 spiro atoms. The van der Waals surface area contributed by atoms with E-state index in [-0.39, 0.29) is 34.2 Å². The summed E-state index contributed by atoms with van der Waals surface area (Å²) < 4.78 is 0.289. The maximum Gasteiger partial charge on any atom is 0.284 e. The number of piperidine rings is 1.